The van der Waals surface area contributed by atoms with Crippen molar-refractivity contribution in [2.45, 2.75) is 19.6 Å². The zero-order valence-electron chi connectivity index (χ0n) is 7.01. The van der Waals surface area contributed by atoms with Crippen molar-refractivity contribution < 1.29 is 18.3 Å². The molecule has 0 saturated heterocycles. The van der Waals surface area contributed by atoms with Gasteiger partial charge in [0, 0.05) is 0 Å². The number of rotatable bonds is 1. The molecule has 0 saturated carbocycles. The summed E-state index contributed by atoms with van der Waals surface area (Å²) in [5, 5.41) is 0. The summed E-state index contributed by atoms with van der Waals surface area (Å²) in [6.45, 7) is 1.87. The van der Waals surface area contributed by atoms with Crippen molar-refractivity contribution >= 4 is 0 Å². The van der Waals surface area contributed by atoms with Gasteiger partial charge < -0.3 is 9.47 Å². The van der Waals surface area contributed by atoms with Gasteiger partial charge >= 0.3 is 6.29 Å². The molecule has 0 amide bonds. The molecule has 0 bridgehead atoms. The Morgan fingerprint density at radius 1 is 1.31 bits per heavy atom. The first-order valence-electron chi connectivity index (χ1n) is 4.00. The minimum Gasteiger partial charge on any atom is -0.395 e. The maximum absolute atomic E-state index is 12.6. The van der Waals surface area contributed by atoms with Crippen molar-refractivity contribution in [1.82, 2.24) is 0 Å². The summed E-state index contributed by atoms with van der Waals surface area (Å²) in [7, 11) is 0. The van der Waals surface area contributed by atoms with Gasteiger partial charge in [-0.3, -0.25) is 0 Å². The maximum Gasteiger partial charge on any atom is 0.586 e. The molecule has 1 aromatic carbocycles. The van der Waals surface area contributed by atoms with Crippen molar-refractivity contribution in [3.05, 3.63) is 23.8 Å². The van der Waals surface area contributed by atoms with Gasteiger partial charge in [-0.25, -0.2) is 0 Å². The smallest absolute Gasteiger partial charge is 0.395 e. The van der Waals surface area contributed by atoms with Crippen molar-refractivity contribution in [1.29, 1.82) is 0 Å². The van der Waals surface area contributed by atoms with Crippen LogP contribution < -0.4 is 9.47 Å². The van der Waals surface area contributed by atoms with Crippen LogP contribution in [-0.2, 0) is 6.42 Å². The molecule has 0 radical (unpaired) electrons. The zero-order valence-corrected chi connectivity index (χ0v) is 7.01. The Balaban J connectivity index is 2.45. The Morgan fingerprint density at radius 2 is 2.08 bits per heavy atom. The molecule has 0 atom stereocenters. The van der Waals surface area contributed by atoms with Gasteiger partial charge in [0.25, 0.3) is 0 Å². The minimum atomic E-state index is -3.51. The Labute approximate surface area is 74.1 Å². The molecule has 2 nitrogen and oxygen atoms in total. The van der Waals surface area contributed by atoms with Crippen LogP contribution in [0.25, 0.3) is 0 Å². The highest BCUT2D eigenvalue weighted by Gasteiger charge is 2.44. The van der Waals surface area contributed by atoms with Crippen LogP contribution in [0.1, 0.15) is 12.5 Å². The van der Waals surface area contributed by atoms with Crippen LogP contribution in [0.3, 0.4) is 0 Å². The van der Waals surface area contributed by atoms with E-state index in [4.69, 9.17) is 0 Å². The topological polar surface area (TPSA) is 18.5 Å². The predicted octanol–water partition coefficient (Wildman–Crippen LogP) is 2.57. The fourth-order valence-electron chi connectivity index (χ4n) is 1.30. The van der Waals surface area contributed by atoms with Gasteiger partial charge in [0.2, 0.25) is 0 Å². The highest BCUT2D eigenvalue weighted by atomic mass is 19.3. The van der Waals surface area contributed by atoms with E-state index in [2.05, 4.69) is 9.47 Å². The van der Waals surface area contributed by atoms with E-state index in [9.17, 15) is 8.78 Å². The number of para-hydroxylation sites is 1. The fraction of sp³-hybridized carbons (Fsp3) is 0.333. The summed E-state index contributed by atoms with van der Waals surface area (Å²) in [6.07, 6.45) is -2.86. The number of alkyl halides is 2. The van der Waals surface area contributed by atoms with Gasteiger partial charge in [-0.1, -0.05) is 19.1 Å². The highest BCUT2D eigenvalue weighted by Crippen LogP contribution is 2.43. The predicted molar refractivity (Wildman–Crippen MR) is 42.0 cm³/mol. The van der Waals surface area contributed by atoms with Crippen LogP contribution in [0.4, 0.5) is 8.78 Å². The average Bonchev–Trinajstić information content (AvgIpc) is 2.37. The summed E-state index contributed by atoms with van der Waals surface area (Å²) < 4.78 is 33.9. The van der Waals surface area contributed by atoms with Gasteiger partial charge in [-0.2, -0.15) is 0 Å². The van der Waals surface area contributed by atoms with Crippen LogP contribution in [-0.4, -0.2) is 6.29 Å². The molecule has 13 heavy (non-hydrogen) atoms. The number of halogens is 2. The molecule has 0 aromatic heterocycles. The summed E-state index contributed by atoms with van der Waals surface area (Å²) in [5.74, 6) is 0.277. The summed E-state index contributed by atoms with van der Waals surface area (Å²) in [4.78, 5) is 0. The second-order valence-electron chi connectivity index (χ2n) is 2.77. The van der Waals surface area contributed by atoms with E-state index in [1.54, 1.807) is 12.1 Å². The van der Waals surface area contributed by atoms with Crippen LogP contribution in [0.2, 0.25) is 0 Å². The number of aryl methyl sites for hydroxylation is 1. The first kappa shape index (κ1) is 8.29. The first-order valence-corrected chi connectivity index (χ1v) is 4.00. The average molecular weight is 186 g/mol. The summed E-state index contributed by atoms with van der Waals surface area (Å²) in [5.41, 5.74) is 0.731. The molecule has 0 N–H and O–H groups in total. The van der Waals surface area contributed by atoms with Crippen molar-refractivity contribution in [2.75, 3.05) is 0 Å². The number of fused-ring (bicyclic) bond motifs is 1. The molecule has 1 aliphatic rings. The minimum absolute atomic E-state index is 0.115. The number of hydrogen-bond donors (Lipinski definition) is 0. The zero-order chi connectivity index (χ0) is 9.47. The van der Waals surface area contributed by atoms with Gasteiger partial charge in [0.1, 0.15) is 0 Å². The number of benzene rings is 1. The molecule has 0 spiro atoms. The van der Waals surface area contributed by atoms with Gasteiger partial charge in [-0.15, -0.1) is 8.78 Å². The molecule has 0 fully saturated rings. The highest BCUT2D eigenvalue weighted by molar-refractivity contribution is 5.48. The van der Waals surface area contributed by atoms with E-state index in [1.165, 1.54) is 6.07 Å². The molecule has 1 aliphatic heterocycles. The second kappa shape index (κ2) is 2.58. The normalized spacial score (nSPS) is 17.5. The van der Waals surface area contributed by atoms with Crippen LogP contribution in [0, 0.1) is 0 Å². The molecule has 2 rings (SSSR count). The van der Waals surface area contributed by atoms with Gasteiger partial charge in [0.05, 0.1) is 0 Å². The second-order valence-corrected chi connectivity index (χ2v) is 2.77. The third-order valence-electron chi connectivity index (χ3n) is 1.89. The van der Waals surface area contributed by atoms with E-state index < -0.39 is 6.29 Å². The van der Waals surface area contributed by atoms with E-state index in [0.29, 0.717) is 6.42 Å². The van der Waals surface area contributed by atoms with Crippen molar-refractivity contribution in [3.63, 3.8) is 0 Å². The lowest BCUT2D eigenvalue weighted by Crippen LogP contribution is -2.26. The molecule has 0 aliphatic carbocycles. The lowest BCUT2D eigenvalue weighted by molar-refractivity contribution is -0.286. The Bertz CT molecular complexity index is 336. The summed E-state index contributed by atoms with van der Waals surface area (Å²) in [6, 6.07) is 4.88. The van der Waals surface area contributed by atoms with Crippen molar-refractivity contribution in [2.24, 2.45) is 0 Å². The standard InChI is InChI=1S/C9H8F2O2/c1-2-6-4-3-5-7-8(6)13-9(10,11)12-7/h3-5H,2H2,1H3. The van der Waals surface area contributed by atoms with Gasteiger partial charge in [-0.05, 0) is 18.1 Å². The van der Waals surface area contributed by atoms with Crippen molar-refractivity contribution in [3.8, 4) is 11.5 Å². The Morgan fingerprint density at radius 3 is 2.77 bits per heavy atom. The van der Waals surface area contributed by atoms with Crippen LogP contribution in [0.5, 0.6) is 11.5 Å². The molecular formula is C9H8F2O2. The van der Waals surface area contributed by atoms with Crippen LogP contribution in [0.15, 0.2) is 18.2 Å². The lowest BCUT2D eigenvalue weighted by atomic mass is 10.1. The lowest BCUT2D eigenvalue weighted by Gasteiger charge is -2.05. The van der Waals surface area contributed by atoms with E-state index >= 15 is 0 Å². The monoisotopic (exact) mass is 186 g/mol. The van der Waals surface area contributed by atoms with Crippen LogP contribution >= 0.6 is 0 Å². The first-order chi connectivity index (χ1) is 6.12. The summed E-state index contributed by atoms with van der Waals surface area (Å²) >= 11 is 0. The third kappa shape index (κ3) is 1.32. The quantitative estimate of drug-likeness (QED) is 0.671. The van der Waals surface area contributed by atoms with E-state index in [0.717, 1.165) is 5.56 Å². The maximum atomic E-state index is 12.6. The van der Waals surface area contributed by atoms with E-state index in [-0.39, 0.29) is 11.5 Å². The molecule has 4 heteroatoms. The largest absolute Gasteiger partial charge is 0.586 e. The third-order valence-corrected chi connectivity index (χ3v) is 1.89. The van der Waals surface area contributed by atoms with Gasteiger partial charge in [0.15, 0.2) is 11.5 Å². The Hall–Kier alpha value is -1.32. The Kier molecular flexibility index (Phi) is 1.65. The SMILES string of the molecule is CCc1cccc2c1OC(F)(F)O2. The number of hydrogen-bond acceptors (Lipinski definition) is 2. The molecular weight excluding hydrogens is 178 g/mol. The van der Waals surface area contributed by atoms with E-state index in [1.807, 2.05) is 6.92 Å². The molecule has 70 valence electrons. The molecule has 1 aromatic rings. The fourth-order valence-corrected chi connectivity index (χ4v) is 1.30. The number of ether oxygens (including phenoxy) is 2. The molecule has 0 unspecified atom stereocenters. The molecule has 1 heterocycles.